The van der Waals surface area contributed by atoms with E-state index in [1.54, 1.807) is 18.2 Å². The monoisotopic (exact) mass is 250 g/mol. The molecule has 0 saturated carbocycles. The Morgan fingerprint density at radius 1 is 1.33 bits per heavy atom. The van der Waals surface area contributed by atoms with Crippen LogP contribution in [0.15, 0.2) is 18.2 Å². The molecule has 1 atom stereocenters. The van der Waals surface area contributed by atoms with E-state index < -0.39 is 17.9 Å². The van der Waals surface area contributed by atoms with Gasteiger partial charge in [0.15, 0.2) is 11.5 Å². The van der Waals surface area contributed by atoms with E-state index in [1.807, 2.05) is 0 Å². The summed E-state index contributed by atoms with van der Waals surface area (Å²) in [5, 5.41) is 2.50. The maximum atomic E-state index is 12.0. The Bertz CT molecular complexity index is 487. The molecular formula is C12H14N2O4. The topological polar surface area (TPSA) is 90.7 Å². The highest BCUT2D eigenvalue weighted by atomic mass is 16.6. The smallest absolute Gasteiger partial charge is 0.255 e. The summed E-state index contributed by atoms with van der Waals surface area (Å²) in [6.45, 7) is 2.37. The van der Waals surface area contributed by atoms with Crippen molar-refractivity contribution in [2.75, 3.05) is 13.2 Å². The predicted molar refractivity (Wildman–Crippen MR) is 63.6 cm³/mol. The SMILES string of the molecule is C[C@@H](NC(=O)c1cccc2c1OCCO2)C(N)=O. The lowest BCUT2D eigenvalue weighted by Crippen LogP contribution is -2.42. The number of para-hydroxylation sites is 1. The summed E-state index contributed by atoms with van der Waals surface area (Å²) in [6, 6.07) is 4.29. The number of carbonyl (C=O) groups is 2. The molecule has 0 saturated heterocycles. The number of ether oxygens (including phenoxy) is 2. The molecule has 1 aliphatic rings. The fourth-order valence-electron chi connectivity index (χ4n) is 1.60. The van der Waals surface area contributed by atoms with Gasteiger partial charge in [-0.25, -0.2) is 0 Å². The molecule has 3 N–H and O–H groups in total. The number of primary amides is 1. The average Bonchev–Trinajstić information content (AvgIpc) is 2.37. The first-order valence-corrected chi connectivity index (χ1v) is 5.58. The van der Waals surface area contributed by atoms with Crippen LogP contribution in [0.2, 0.25) is 0 Å². The molecule has 96 valence electrons. The lowest BCUT2D eigenvalue weighted by molar-refractivity contribution is -0.119. The van der Waals surface area contributed by atoms with Crippen LogP contribution in [0.1, 0.15) is 17.3 Å². The van der Waals surface area contributed by atoms with Crippen molar-refractivity contribution in [1.82, 2.24) is 5.32 Å². The Kier molecular flexibility index (Phi) is 3.36. The molecule has 2 rings (SSSR count). The van der Waals surface area contributed by atoms with Crippen molar-refractivity contribution in [2.45, 2.75) is 13.0 Å². The largest absolute Gasteiger partial charge is 0.486 e. The first-order chi connectivity index (χ1) is 8.59. The lowest BCUT2D eigenvalue weighted by Gasteiger charge is -2.21. The van der Waals surface area contributed by atoms with Gasteiger partial charge in [0.25, 0.3) is 5.91 Å². The molecule has 0 unspecified atom stereocenters. The molecule has 2 amide bonds. The van der Waals surface area contributed by atoms with Crippen LogP contribution in [-0.4, -0.2) is 31.1 Å². The Balaban J connectivity index is 2.23. The van der Waals surface area contributed by atoms with Gasteiger partial charge in [-0.15, -0.1) is 0 Å². The molecule has 1 aromatic rings. The van der Waals surface area contributed by atoms with E-state index in [0.717, 1.165) is 0 Å². The fraction of sp³-hybridized carbons (Fsp3) is 0.333. The van der Waals surface area contributed by atoms with Crippen LogP contribution in [-0.2, 0) is 4.79 Å². The van der Waals surface area contributed by atoms with Crippen LogP contribution in [0.4, 0.5) is 0 Å². The maximum absolute atomic E-state index is 12.0. The van der Waals surface area contributed by atoms with Crippen LogP contribution in [0.25, 0.3) is 0 Å². The molecule has 0 spiro atoms. The average molecular weight is 250 g/mol. The molecule has 1 heterocycles. The maximum Gasteiger partial charge on any atom is 0.255 e. The van der Waals surface area contributed by atoms with Gasteiger partial charge < -0.3 is 20.5 Å². The number of carbonyl (C=O) groups excluding carboxylic acids is 2. The number of hydrogen-bond acceptors (Lipinski definition) is 4. The van der Waals surface area contributed by atoms with Gasteiger partial charge in [0, 0.05) is 0 Å². The van der Waals surface area contributed by atoms with Gasteiger partial charge in [-0.05, 0) is 19.1 Å². The van der Waals surface area contributed by atoms with Crippen LogP contribution in [0.5, 0.6) is 11.5 Å². The quantitative estimate of drug-likeness (QED) is 0.793. The van der Waals surface area contributed by atoms with E-state index in [0.29, 0.717) is 30.3 Å². The van der Waals surface area contributed by atoms with Crippen molar-refractivity contribution in [3.63, 3.8) is 0 Å². The summed E-state index contributed by atoms with van der Waals surface area (Å²) in [7, 11) is 0. The predicted octanol–water partition coefficient (Wildman–Crippen LogP) is 0.0614. The number of nitrogens with one attached hydrogen (secondary N) is 1. The number of hydrogen-bond donors (Lipinski definition) is 2. The van der Waals surface area contributed by atoms with Crippen molar-refractivity contribution < 1.29 is 19.1 Å². The minimum atomic E-state index is -0.738. The van der Waals surface area contributed by atoms with Crippen LogP contribution in [0, 0.1) is 0 Å². The van der Waals surface area contributed by atoms with Gasteiger partial charge >= 0.3 is 0 Å². The van der Waals surface area contributed by atoms with E-state index in [9.17, 15) is 9.59 Å². The summed E-state index contributed by atoms with van der Waals surface area (Å²) in [6.07, 6.45) is 0. The van der Waals surface area contributed by atoms with E-state index in [4.69, 9.17) is 15.2 Å². The molecular weight excluding hydrogens is 236 g/mol. The van der Waals surface area contributed by atoms with Gasteiger partial charge in [0.05, 0.1) is 5.56 Å². The normalized spacial score (nSPS) is 14.7. The molecule has 0 bridgehead atoms. The van der Waals surface area contributed by atoms with E-state index >= 15 is 0 Å². The van der Waals surface area contributed by atoms with Gasteiger partial charge in [-0.2, -0.15) is 0 Å². The summed E-state index contributed by atoms with van der Waals surface area (Å²) in [5.41, 5.74) is 5.42. The molecule has 6 heteroatoms. The van der Waals surface area contributed by atoms with Crippen molar-refractivity contribution in [2.24, 2.45) is 5.73 Å². The van der Waals surface area contributed by atoms with Gasteiger partial charge in [0.1, 0.15) is 19.3 Å². The van der Waals surface area contributed by atoms with Crippen LogP contribution in [0.3, 0.4) is 0 Å². The third-order valence-electron chi connectivity index (χ3n) is 2.59. The highest BCUT2D eigenvalue weighted by Gasteiger charge is 2.22. The van der Waals surface area contributed by atoms with Crippen molar-refractivity contribution >= 4 is 11.8 Å². The lowest BCUT2D eigenvalue weighted by atomic mass is 10.1. The van der Waals surface area contributed by atoms with Crippen molar-refractivity contribution in [1.29, 1.82) is 0 Å². The van der Waals surface area contributed by atoms with E-state index in [-0.39, 0.29) is 0 Å². The number of fused-ring (bicyclic) bond motifs is 1. The molecule has 0 aromatic heterocycles. The third kappa shape index (κ3) is 2.37. The highest BCUT2D eigenvalue weighted by molar-refractivity contribution is 6.00. The second-order valence-electron chi connectivity index (χ2n) is 3.93. The zero-order chi connectivity index (χ0) is 13.1. The third-order valence-corrected chi connectivity index (χ3v) is 2.59. The Labute approximate surface area is 104 Å². The summed E-state index contributed by atoms with van der Waals surface area (Å²) >= 11 is 0. The Hall–Kier alpha value is -2.24. The zero-order valence-electron chi connectivity index (χ0n) is 9.93. The molecule has 0 aliphatic carbocycles. The minimum Gasteiger partial charge on any atom is -0.486 e. The Morgan fingerprint density at radius 3 is 2.78 bits per heavy atom. The first kappa shape index (κ1) is 12.2. The molecule has 1 aliphatic heterocycles. The molecule has 1 aromatic carbocycles. The summed E-state index contributed by atoms with van der Waals surface area (Å²) < 4.78 is 10.8. The molecule has 0 radical (unpaired) electrons. The number of benzene rings is 1. The van der Waals surface area contributed by atoms with Crippen LogP contribution < -0.4 is 20.5 Å². The van der Waals surface area contributed by atoms with Crippen LogP contribution >= 0.6 is 0 Å². The van der Waals surface area contributed by atoms with E-state index in [1.165, 1.54) is 6.92 Å². The minimum absolute atomic E-state index is 0.334. The van der Waals surface area contributed by atoms with Gasteiger partial charge in [-0.3, -0.25) is 9.59 Å². The number of amides is 2. The Morgan fingerprint density at radius 2 is 2.06 bits per heavy atom. The molecule has 18 heavy (non-hydrogen) atoms. The first-order valence-electron chi connectivity index (χ1n) is 5.58. The van der Waals surface area contributed by atoms with Crippen molar-refractivity contribution in [3.8, 4) is 11.5 Å². The molecule has 6 nitrogen and oxygen atoms in total. The number of nitrogens with two attached hydrogens (primary N) is 1. The molecule has 0 fully saturated rings. The van der Waals surface area contributed by atoms with E-state index in [2.05, 4.69) is 5.32 Å². The summed E-state index contributed by atoms with van der Waals surface area (Å²) in [5.74, 6) is -0.0764. The van der Waals surface area contributed by atoms with Gasteiger partial charge in [0.2, 0.25) is 5.91 Å². The standard InChI is InChI=1S/C12H14N2O4/c1-7(11(13)15)14-12(16)8-3-2-4-9-10(8)18-6-5-17-9/h2-4,7H,5-6H2,1H3,(H2,13,15)(H,14,16)/t7-/m1/s1. The fourth-order valence-corrected chi connectivity index (χ4v) is 1.60. The van der Waals surface area contributed by atoms with Crippen molar-refractivity contribution in [3.05, 3.63) is 23.8 Å². The second kappa shape index (κ2) is 4.95. The number of rotatable bonds is 3. The second-order valence-corrected chi connectivity index (χ2v) is 3.93. The van der Waals surface area contributed by atoms with Gasteiger partial charge in [-0.1, -0.05) is 6.07 Å². The zero-order valence-corrected chi connectivity index (χ0v) is 9.93. The highest BCUT2D eigenvalue weighted by Crippen LogP contribution is 2.33. The summed E-state index contributed by atoms with van der Waals surface area (Å²) in [4.78, 5) is 22.9.